The third kappa shape index (κ3) is 2.32. The molecule has 2 aromatic heterocycles. The number of hydrogen-bond donors (Lipinski definition) is 0. The van der Waals surface area contributed by atoms with E-state index in [-0.39, 0.29) is 12.6 Å². The molecule has 3 aromatic rings. The molecule has 0 bridgehead atoms. The molecule has 4 nitrogen and oxygen atoms in total. The largest absolute Gasteiger partial charge is 0.459 e. The van der Waals surface area contributed by atoms with Crippen LogP contribution in [0.2, 0.25) is 0 Å². The molecule has 0 atom stereocenters. The molecule has 0 aliphatic rings. The molecule has 0 amide bonds. The molecule has 3 rings (SSSR count). The monoisotopic (exact) mass is 286 g/mol. The van der Waals surface area contributed by atoms with Gasteiger partial charge < -0.3 is 4.74 Å². The number of esters is 1. The normalized spacial score (nSPS) is 10.8. The zero-order valence-corrected chi connectivity index (χ0v) is 11.9. The van der Waals surface area contributed by atoms with Crippen LogP contribution in [0.4, 0.5) is 0 Å². The molecule has 0 saturated heterocycles. The molecule has 0 unspecified atom stereocenters. The first kappa shape index (κ1) is 12.9. The lowest BCUT2D eigenvalue weighted by Crippen LogP contribution is -2.04. The van der Waals surface area contributed by atoms with Gasteiger partial charge in [0.25, 0.3) is 0 Å². The molecule has 102 valence electrons. The summed E-state index contributed by atoms with van der Waals surface area (Å²) in [5.74, 6) is -0.200. The van der Waals surface area contributed by atoms with E-state index in [9.17, 15) is 4.79 Å². The SMILES string of the molecule is CCC(=O)OCc1c(-c2ccccc2)nc2sccn12. The highest BCUT2D eigenvalue weighted by Crippen LogP contribution is 2.27. The Bertz CT molecular complexity index is 731. The van der Waals surface area contributed by atoms with E-state index in [1.807, 2.05) is 46.3 Å². The molecule has 5 heteroatoms. The van der Waals surface area contributed by atoms with E-state index in [1.54, 1.807) is 18.3 Å². The fraction of sp³-hybridized carbons (Fsp3) is 0.200. The predicted molar refractivity (Wildman–Crippen MR) is 78.6 cm³/mol. The van der Waals surface area contributed by atoms with Gasteiger partial charge in [-0.05, 0) is 0 Å². The Kier molecular flexibility index (Phi) is 3.52. The summed E-state index contributed by atoms with van der Waals surface area (Å²) in [5, 5.41) is 1.97. The Balaban J connectivity index is 2.03. The number of carbonyl (C=O) groups is 1. The van der Waals surface area contributed by atoms with Crippen molar-refractivity contribution in [2.24, 2.45) is 0 Å². The summed E-state index contributed by atoms with van der Waals surface area (Å²) in [4.78, 5) is 16.9. The van der Waals surface area contributed by atoms with Crippen molar-refractivity contribution < 1.29 is 9.53 Å². The van der Waals surface area contributed by atoms with E-state index in [0.717, 1.165) is 21.9 Å². The summed E-state index contributed by atoms with van der Waals surface area (Å²) in [7, 11) is 0. The molecule has 2 heterocycles. The molecule has 0 radical (unpaired) electrons. The zero-order valence-electron chi connectivity index (χ0n) is 11.1. The maximum Gasteiger partial charge on any atom is 0.305 e. The van der Waals surface area contributed by atoms with Gasteiger partial charge in [-0.25, -0.2) is 4.98 Å². The van der Waals surface area contributed by atoms with Crippen molar-refractivity contribution in [3.05, 3.63) is 47.6 Å². The highest BCUT2D eigenvalue weighted by Gasteiger charge is 2.15. The number of carbonyl (C=O) groups excluding carboxylic acids is 1. The predicted octanol–water partition coefficient (Wildman–Crippen LogP) is 3.52. The maximum atomic E-state index is 11.4. The molecule has 0 N–H and O–H groups in total. The quantitative estimate of drug-likeness (QED) is 0.689. The van der Waals surface area contributed by atoms with Gasteiger partial charge in [-0.1, -0.05) is 37.3 Å². The summed E-state index contributed by atoms with van der Waals surface area (Å²) in [6.07, 6.45) is 2.33. The summed E-state index contributed by atoms with van der Waals surface area (Å²) in [6, 6.07) is 9.95. The number of fused-ring (bicyclic) bond motifs is 1. The fourth-order valence-electron chi connectivity index (χ4n) is 2.05. The van der Waals surface area contributed by atoms with Crippen molar-refractivity contribution in [3.63, 3.8) is 0 Å². The molecule has 0 saturated carbocycles. The first-order chi connectivity index (χ1) is 9.79. The molecule has 0 aliphatic heterocycles. The van der Waals surface area contributed by atoms with Crippen LogP contribution in [-0.4, -0.2) is 15.4 Å². The Morgan fingerprint density at radius 1 is 1.35 bits per heavy atom. The minimum absolute atomic E-state index is 0.200. The molecule has 0 spiro atoms. The van der Waals surface area contributed by atoms with Gasteiger partial charge in [0.2, 0.25) is 0 Å². The molecular formula is C15H14N2O2S. The summed E-state index contributed by atoms with van der Waals surface area (Å²) in [6.45, 7) is 2.03. The minimum atomic E-state index is -0.200. The number of nitrogens with zero attached hydrogens (tertiary/aromatic N) is 2. The van der Waals surface area contributed by atoms with Crippen LogP contribution in [0.15, 0.2) is 41.9 Å². The van der Waals surface area contributed by atoms with Crippen molar-refractivity contribution in [2.75, 3.05) is 0 Å². The second-order valence-corrected chi connectivity index (χ2v) is 5.22. The third-order valence-electron chi connectivity index (χ3n) is 3.07. The number of imidazole rings is 1. The lowest BCUT2D eigenvalue weighted by atomic mass is 10.1. The van der Waals surface area contributed by atoms with Crippen LogP contribution in [0.3, 0.4) is 0 Å². The van der Waals surface area contributed by atoms with E-state index in [0.29, 0.717) is 6.42 Å². The Hall–Kier alpha value is -2.14. The Labute approximate surface area is 120 Å². The topological polar surface area (TPSA) is 43.6 Å². The van der Waals surface area contributed by atoms with Gasteiger partial charge in [0.1, 0.15) is 6.61 Å². The van der Waals surface area contributed by atoms with Crippen LogP contribution in [0.25, 0.3) is 16.2 Å². The van der Waals surface area contributed by atoms with Crippen molar-refractivity contribution in [1.29, 1.82) is 0 Å². The highest BCUT2D eigenvalue weighted by atomic mass is 32.1. The second kappa shape index (κ2) is 5.46. The van der Waals surface area contributed by atoms with Crippen LogP contribution in [0.5, 0.6) is 0 Å². The zero-order chi connectivity index (χ0) is 13.9. The lowest BCUT2D eigenvalue weighted by Gasteiger charge is -2.05. The number of aromatic nitrogens is 2. The summed E-state index contributed by atoms with van der Waals surface area (Å²) >= 11 is 1.57. The van der Waals surface area contributed by atoms with Gasteiger partial charge in [0, 0.05) is 23.6 Å². The standard InChI is InChI=1S/C15H14N2O2S/c1-2-13(18)19-10-12-14(11-6-4-3-5-7-11)16-15-17(12)8-9-20-15/h3-9H,2,10H2,1H3. The Morgan fingerprint density at radius 2 is 2.15 bits per heavy atom. The van der Waals surface area contributed by atoms with Crippen LogP contribution in [-0.2, 0) is 16.1 Å². The average molecular weight is 286 g/mol. The smallest absolute Gasteiger partial charge is 0.305 e. The number of hydrogen-bond acceptors (Lipinski definition) is 4. The number of benzene rings is 1. The molecule has 1 aromatic carbocycles. The molecule has 0 aliphatic carbocycles. The number of thiazole rings is 1. The van der Waals surface area contributed by atoms with Gasteiger partial charge in [0.15, 0.2) is 4.96 Å². The summed E-state index contributed by atoms with van der Waals surface area (Å²) < 4.78 is 7.26. The number of rotatable bonds is 4. The van der Waals surface area contributed by atoms with Crippen LogP contribution in [0, 0.1) is 0 Å². The lowest BCUT2D eigenvalue weighted by molar-refractivity contribution is -0.144. The second-order valence-electron chi connectivity index (χ2n) is 4.34. The van der Waals surface area contributed by atoms with Crippen molar-refractivity contribution in [3.8, 4) is 11.3 Å². The van der Waals surface area contributed by atoms with Crippen LogP contribution in [0.1, 0.15) is 19.0 Å². The van der Waals surface area contributed by atoms with Crippen molar-refractivity contribution >= 4 is 22.3 Å². The highest BCUT2D eigenvalue weighted by molar-refractivity contribution is 7.15. The van der Waals surface area contributed by atoms with Gasteiger partial charge in [-0.2, -0.15) is 0 Å². The average Bonchev–Trinajstić information content (AvgIpc) is 3.06. The fourth-order valence-corrected chi connectivity index (χ4v) is 2.78. The molecular weight excluding hydrogens is 272 g/mol. The third-order valence-corrected chi connectivity index (χ3v) is 3.82. The number of ether oxygens (including phenoxy) is 1. The van der Waals surface area contributed by atoms with E-state index < -0.39 is 0 Å². The Morgan fingerprint density at radius 3 is 2.90 bits per heavy atom. The molecule has 0 fully saturated rings. The van der Waals surface area contributed by atoms with Gasteiger partial charge in [-0.15, -0.1) is 11.3 Å². The minimum Gasteiger partial charge on any atom is -0.459 e. The van der Waals surface area contributed by atoms with E-state index >= 15 is 0 Å². The maximum absolute atomic E-state index is 11.4. The van der Waals surface area contributed by atoms with Crippen LogP contribution >= 0.6 is 11.3 Å². The van der Waals surface area contributed by atoms with Crippen LogP contribution < -0.4 is 0 Å². The van der Waals surface area contributed by atoms with Crippen molar-refractivity contribution in [2.45, 2.75) is 20.0 Å². The van der Waals surface area contributed by atoms with E-state index in [2.05, 4.69) is 4.98 Å². The van der Waals surface area contributed by atoms with Crippen molar-refractivity contribution in [1.82, 2.24) is 9.38 Å². The van der Waals surface area contributed by atoms with Gasteiger partial charge >= 0.3 is 5.97 Å². The van der Waals surface area contributed by atoms with E-state index in [4.69, 9.17) is 4.74 Å². The molecule has 20 heavy (non-hydrogen) atoms. The first-order valence-electron chi connectivity index (χ1n) is 6.45. The van der Waals surface area contributed by atoms with Gasteiger partial charge in [0.05, 0.1) is 11.4 Å². The summed E-state index contributed by atoms with van der Waals surface area (Å²) in [5.41, 5.74) is 2.82. The van der Waals surface area contributed by atoms with Gasteiger partial charge in [-0.3, -0.25) is 9.20 Å². The first-order valence-corrected chi connectivity index (χ1v) is 7.33. The van der Waals surface area contributed by atoms with E-state index in [1.165, 1.54) is 0 Å².